The maximum atomic E-state index is 11.6. The predicted molar refractivity (Wildman–Crippen MR) is 139 cm³/mol. The molecule has 4 N–H and O–H groups in total. The van der Waals surface area contributed by atoms with Gasteiger partial charge in [-0.1, -0.05) is 30.3 Å². The first-order valence-electron chi connectivity index (χ1n) is 13.1. The Hall–Kier alpha value is -3.43. The summed E-state index contributed by atoms with van der Waals surface area (Å²) in [6, 6.07) is 15.1. The van der Waals surface area contributed by atoms with Crippen molar-refractivity contribution in [3.8, 4) is 0 Å². The maximum Gasteiger partial charge on any atom is 0.490 e. The van der Waals surface area contributed by atoms with E-state index in [2.05, 4.69) is 56.5 Å². The summed E-state index contributed by atoms with van der Waals surface area (Å²) in [6.45, 7) is 7.85. The SMILES string of the molecule is Cc1cccc(N2CCN([C@@H]3c4ccccc4C4(CCNCC4)[C@H]3O)CC2)n1.O=C(O)C(F)(F)F.O=C(O)C(F)(F)F. The summed E-state index contributed by atoms with van der Waals surface area (Å²) in [5.41, 5.74) is 3.71. The van der Waals surface area contributed by atoms with Gasteiger partial charge in [-0.25, -0.2) is 14.6 Å². The number of aliphatic hydroxyl groups is 1. The number of piperidine rings is 1. The molecule has 2 fully saturated rings. The molecule has 42 heavy (non-hydrogen) atoms. The van der Waals surface area contributed by atoms with Crippen molar-refractivity contribution in [2.75, 3.05) is 44.2 Å². The highest BCUT2D eigenvalue weighted by atomic mass is 19.4. The van der Waals surface area contributed by atoms with Crippen LogP contribution in [0, 0.1) is 6.92 Å². The van der Waals surface area contributed by atoms with Gasteiger partial charge in [-0.3, -0.25) is 4.90 Å². The Labute approximate surface area is 237 Å². The van der Waals surface area contributed by atoms with E-state index in [0.717, 1.165) is 63.6 Å². The Bertz CT molecular complexity index is 1200. The molecule has 0 amide bonds. The number of halogens is 6. The maximum absolute atomic E-state index is 11.6. The molecule has 2 atom stereocenters. The first-order chi connectivity index (χ1) is 19.6. The Morgan fingerprint density at radius 1 is 0.881 bits per heavy atom. The van der Waals surface area contributed by atoms with E-state index in [9.17, 15) is 31.4 Å². The first kappa shape index (κ1) is 33.1. The minimum atomic E-state index is -5.08. The zero-order chi connectivity index (χ0) is 31.3. The largest absolute Gasteiger partial charge is 0.490 e. The number of piperazine rings is 1. The number of carboxylic acids is 2. The van der Waals surface area contributed by atoms with Gasteiger partial charge in [0.2, 0.25) is 0 Å². The highest BCUT2D eigenvalue weighted by Crippen LogP contribution is 2.52. The quantitative estimate of drug-likeness (QED) is 0.380. The van der Waals surface area contributed by atoms with E-state index in [-0.39, 0.29) is 17.6 Å². The summed E-state index contributed by atoms with van der Waals surface area (Å²) < 4.78 is 63.5. The van der Waals surface area contributed by atoms with Gasteiger partial charge >= 0.3 is 24.3 Å². The van der Waals surface area contributed by atoms with E-state index >= 15 is 0 Å². The topological polar surface area (TPSA) is 126 Å². The van der Waals surface area contributed by atoms with Gasteiger partial charge in [-0.05, 0) is 56.1 Å². The van der Waals surface area contributed by atoms with Crippen molar-refractivity contribution in [3.05, 3.63) is 59.3 Å². The highest BCUT2D eigenvalue weighted by Gasteiger charge is 2.53. The summed E-state index contributed by atoms with van der Waals surface area (Å²) in [4.78, 5) is 27.4. The minimum Gasteiger partial charge on any atom is -0.475 e. The molecular formula is C27H32F6N4O5. The molecule has 2 aliphatic heterocycles. The van der Waals surface area contributed by atoms with Crippen molar-refractivity contribution in [2.45, 2.75) is 49.7 Å². The van der Waals surface area contributed by atoms with Crippen LogP contribution in [0.2, 0.25) is 0 Å². The fourth-order valence-electron chi connectivity index (χ4n) is 5.61. The summed E-state index contributed by atoms with van der Waals surface area (Å²) in [6.07, 6.45) is -8.44. The second kappa shape index (κ2) is 13.3. The lowest BCUT2D eigenvalue weighted by Gasteiger charge is -2.43. The van der Waals surface area contributed by atoms with Crippen LogP contribution >= 0.6 is 0 Å². The van der Waals surface area contributed by atoms with Crippen molar-refractivity contribution in [2.24, 2.45) is 0 Å². The van der Waals surface area contributed by atoms with Crippen LogP contribution in [0.15, 0.2) is 42.5 Å². The number of hydrogen-bond acceptors (Lipinski definition) is 7. The Morgan fingerprint density at radius 3 is 1.90 bits per heavy atom. The molecule has 232 valence electrons. The lowest BCUT2D eigenvalue weighted by atomic mass is 9.72. The van der Waals surface area contributed by atoms with Crippen molar-refractivity contribution < 1.29 is 51.3 Å². The van der Waals surface area contributed by atoms with Gasteiger partial charge in [-0.15, -0.1) is 0 Å². The number of rotatable bonds is 2. The van der Waals surface area contributed by atoms with Gasteiger partial charge in [0.1, 0.15) is 5.82 Å². The molecule has 0 bridgehead atoms. The first-order valence-corrected chi connectivity index (χ1v) is 13.1. The standard InChI is InChI=1S/C23H30N4O.2C2HF3O2/c1-17-5-4-8-20(25-17)26-13-15-27(16-14-26)21-18-6-2-3-7-19(18)23(22(21)28)9-11-24-12-10-23;2*3-2(4,5)1(6)7/h2-8,21-22,24,28H,9-16H2,1H3;2*(H,6,7)/t21-,22+;;/m1../s1. The molecule has 3 heterocycles. The van der Waals surface area contributed by atoms with Crippen LogP contribution < -0.4 is 10.2 Å². The molecule has 1 spiro atoms. The number of fused-ring (bicyclic) bond motifs is 2. The number of pyridine rings is 1. The number of aromatic nitrogens is 1. The zero-order valence-electron chi connectivity index (χ0n) is 22.6. The molecule has 0 saturated carbocycles. The summed E-state index contributed by atoms with van der Waals surface area (Å²) in [5, 5.41) is 29.3. The predicted octanol–water partition coefficient (Wildman–Crippen LogP) is 3.52. The van der Waals surface area contributed by atoms with Gasteiger partial charge in [0.25, 0.3) is 0 Å². The molecule has 2 saturated heterocycles. The summed E-state index contributed by atoms with van der Waals surface area (Å²) in [5.74, 6) is -4.44. The van der Waals surface area contributed by atoms with Crippen LogP contribution in [-0.2, 0) is 15.0 Å². The van der Waals surface area contributed by atoms with Crippen molar-refractivity contribution in [1.29, 1.82) is 0 Å². The molecule has 3 aliphatic rings. The van der Waals surface area contributed by atoms with Crippen LogP contribution in [0.3, 0.4) is 0 Å². The fourth-order valence-corrected chi connectivity index (χ4v) is 5.61. The number of carbonyl (C=O) groups is 2. The van der Waals surface area contributed by atoms with E-state index in [1.807, 2.05) is 13.0 Å². The molecule has 9 nitrogen and oxygen atoms in total. The van der Waals surface area contributed by atoms with Crippen LogP contribution in [0.1, 0.15) is 35.7 Å². The number of carboxylic acid groups (broad SMARTS) is 2. The van der Waals surface area contributed by atoms with Crippen LogP contribution in [0.5, 0.6) is 0 Å². The van der Waals surface area contributed by atoms with Crippen LogP contribution in [-0.4, -0.2) is 94.9 Å². The van der Waals surface area contributed by atoms with Gasteiger partial charge in [0.05, 0.1) is 12.1 Å². The fraction of sp³-hybridized carbons (Fsp3) is 0.519. The smallest absolute Gasteiger partial charge is 0.475 e. The highest BCUT2D eigenvalue weighted by molar-refractivity contribution is 5.73. The van der Waals surface area contributed by atoms with Gasteiger partial charge in [-0.2, -0.15) is 26.3 Å². The van der Waals surface area contributed by atoms with Crippen molar-refractivity contribution >= 4 is 17.8 Å². The number of nitrogens with zero attached hydrogens (tertiary/aromatic N) is 3. The molecule has 1 aliphatic carbocycles. The normalized spacial score (nSPS) is 21.9. The van der Waals surface area contributed by atoms with Gasteiger partial charge in [0.15, 0.2) is 0 Å². The lowest BCUT2D eigenvalue weighted by Crippen LogP contribution is -2.53. The van der Waals surface area contributed by atoms with E-state index in [1.54, 1.807) is 0 Å². The number of aliphatic carboxylic acids is 2. The Morgan fingerprint density at radius 2 is 1.40 bits per heavy atom. The number of benzene rings is 1. The molecule has 2 aromatic rings. The number of anilines is 1. The molecule has 5 rings (SSSR count). The molecule has 0 radical (unpaired) electrons. The third-order valence-electron chi connectivity index (χ3n) is 7.57. The zero-order valence-corrected chi connectivity index (χ0v) is 22.6. The Kier molecular flexibility index (Phi) is 10.4. The lowest BCUT2D eigenvalue weighted by molar-refractivity contribution is -0.193. The average molecular weight is 607 g/mol. The van der Waals surface area contributed by atoms with Gasteiger partial charge in [0, 0.05) is 37.3 Å². The number of aryl methyl sites for hydroxylation is 1. The third kappa shape index (κ3) is 7.69. The molecular weight excluding hydrogens is 574 g/mol. The summed E-state index contributed by atoms with van der Waals surface area (Å²) >= 11 is 0. The summed E-state index contributed by atoms with van der Waals surface area (Å²) in [7, 11) is 0. The third-order valence-corrected chi connectivity index (χ3v) is 7.57. The van der Waals surface area contributed by atoms with Crippen LogP contribution in [0.25, 0.3) is 0 Å². The van der Waals surface area contributed by atoms with Gasteiger partial charge < -0.3 is 25.5 Å². The average Bonchev–Trinajstić information content (AvgIpc) is 3.16. The monoisotopic (exact) mass is 606 g/mol. The number of nitrogens with one attached hydrogen (secondary N) is 1. The van der Waals surface area contributed by atoms with E-state index in [1.165, 1.54) is 11.1 Å². The number of aliphatic hydroxyl groups excluding tert-OH is 1. The number of hydrogen-bond donors (Lipinski definition) is 4. The molecule has 0 unspecified atom stereocenters. The van der Waals surface area contributed by atoms with Crippen LogP contribution in [0.4, 0.5) is 32.2 Å². The van der Waals surface area contributed by atoms with E-state index < -0.39 is 24.3 Å². The number of alkyl halides is 6. The second-order valence-corrected chi connectivity index (χ2v) is 10.1. The van der Waals surface area contributed by atoms with E-state index in [0.29, 0.717) is 0 Å². The second-order valence-electron chi connectivity index (χ2n) is 10.1. The van der Waals surface area contributed by atoms with Crippen molar-refractivity contribution in [1.82, 2.24) is 15.2 Å². The van der Waals surface area contributed by atoms with E-state index in [4.69, 9.17) is 19.8 Å². The molecule has 1 aromatic heterocycles. The van der Waals surface area contributed by atoms with Crippen molar-refractivity contribution in [3.63, 3.8) is 0 Å². The minimum absolute atomic E-state index is 0.0816. The Balaban J connectivity index is 0.000000289. The molecule has 15 heteroatoms. The molecule has 1 aromatic carbocycles.